The van der Waals surface area contributed by atoms with Gasteiger partial charge in [0.1, 0.15) is 11.5 Å². The minimum atomic E-state index is -0.0605. The molecule has 1 aliphatic carbocycles. The number of carbonyl (C=O) groups excluding carboxylic acids is 1. The predicted molar refractivity (Wildman–Crippen MR) is 123 cm³/mol. The Kier molecular flexibility index (Phi) is 5.35. The molecule has 0 spiro atoms. The summed E-state index contributed by atoms with van der Waals surface area (Å²) < 4.78 is 5.80. The number of hydrogen-bond donors (Lipinski definition) is 2. The monoisotopic (exact) mass is 413 g/mol. The van der Waals surface area contributed by atoms with Crippen LogP contribution in [0.2, 0.25) is 0 Å². The van der Waals surface area contributed by atoms with Crippen LogP contribution in [0.4, 0.5) is 10.5 Å². The number of anilines is 1. The average Bonchev–Trinajstić information content (AvgIpc) is 3.07. The van der Waals surface area contributed by atoms with E-state index in [2.05, 4.69) is 41.8 Å². The molecule has 2 aliphatic rings. The van der Waals surface area contributed by atoms with Crippen LogP contribution in [-0.4, -0.2) is 30.1 Å². The van der Waals surface area contributed by atoms with E-state index in [1.54, 1.807) is 0 Å². The van der Waals surface area contributed by atoms with E-state index in [0.29, 0.717) is 18.0 Å². The summed E-state index contributed by atoms with van der Waals surface area (Å²) in [7, 11) is 0. The Labute approximate surface area is 183 Å². The molecular weight excluding hydrogens is 386 g/mol. The fourth-order valence-electron chi connectivity index (χ4n) is 4.49. The highest BCUT2D eigenvalue weighted by atomic mass is 16.5. The molecule has 1 aliphatic heterocycles. The molecule has 5 nitrogen and oxygen atoms in total. The van der Waals surface area contributed by atoms with Crippen molar-refractivity contribution in [3.05, 3.63) is 90.0 Å². The van der Waals surface area contributed by atoms with E-state index in [-0.39, 0.29) is 6.03 Å². The summed E-state index contributed by atoms with van der Waals surface area (Å²) in [6, 6.07) is 26.4. The summed E-state index contributed by atoms with van der Waals surface area (Å²) in [5.41, 5.74) is 3.62. The third-order valence-electron chi connectivity index (χ3n) is 6.17. The molecule has 0 bridgehead atoms. The highest BCUT2D eigenvalue weighted by molar-refractivity contribution is 5.90. The minimum absolute atomic E-state index is 0.0605. The van der Waals surface area contributed by atoms with Crippen LogP contribution in [0.25, 0.3) is 0 Å². The Morgan fingerprint density at radius 1 is 0.903 bits per heavy atom. The van der Waals surface area contributed by atoms with Gasteiger partial charge in [-0.15, -0.1) is 0 Å². The van der Waals surface area contributed by atoms with Gasteiger partial charge in [0, 0.05) is 30.9 Å². The van der Waals surface area contributed by atoms with Gasteiger partial charge in [-0.05, 0) is 59.9 Å². The van der Waals surface area contributed by atoms with Gasteiger partial charge in [0.25, 0.3) is 0 Å². The molecule has 0 radical (unpaired) electrons. The lowest BCUT2D eigenvalue weighted by atomic mass is 9.99. The number of nitrogens with one attached hydrogen (secondary N) is 2. The Bertz CT molecular complexity index is 1050. The van der Waals surface area contributed by atoms with Gasteiger partial charge in [-0.25, -0.2) is 4.79 Å². The lowest BCUT2D eigenvalue weighted by molar-refractivity contribution is 0.137. The number of urea groups is 1. The molecule has 0 saturated carbocycles. The minimum Gasteiger partial charge on any atom is -0.457 e. The van der Waals surface area contributed by atoms with Crippen molar-refractivity contribution < 1.29 is 9.53 Å². The van der Waals surface area contributed by atoms with Gasteiger partial charge in [0.15, 0.2) is 0 Å². The maximum Gasteiger partial charge on any atom is 0.321 e. The number of benzene rings is 3. The lowest BCUT2D eigenvalue weighted by Crippen LogP contribution is -2.61. The predicted octanol–water partition coefficient (Wildman–Crippen LogP) is 5.22. The van der Waals surface area contributed by atoms with Crippen LogP contribution in [0.1, 0.15) is 24.1 Å². The molecular formula is C26H27N3O2. The van der Waals surface area contributed by atoms with Gasteiger partial charge < -0.3 is 20.3 Å². The molecule has 3 aromatic carbocycles. The van der Waals surface area contributed by atoms with Gasteiger partial charge in [0.2, 0.25) is 0 Å². The Hall–Kier alpha value is -3.31. The molecule has 5 heteroatoms. The molecule has 2 unspecified atom stereocenters. The van der Waals surface area contributed by atoms with Crippen molar-refractivity contribution in [2.75, 3.05) is 18.4 Å². The number of hydrogen-bond acceptors (Lipinski definition) is 3. The number of para-hydroxylation sites is 1. The van der Waals surface area contributed by atoms with Gasteiger partial charge >= 0.3 is 6.03 Å². The number of rotatable bonds is 5. The molecule has 2 amide bonds. The number of likely N-dealkylation sites (tertiary alicyclic amines) is 1. The Balaban J connectivity index is 1.11. The van der Waals surface area contributed by atoms with Crippen molar-refractivity contribution in [2.24, 2.45) is 5.92 Å². The molecule has 31 heavy (non-hydrogen) atoms. The summed E-state index contributed by atoms with van der Waals surface area (Å²) in [6.07, 6.45) is 1.12. The van der Waals surface area contributed by atoms with Crippen LogP contribution in [-0.2, 0) is 6.42 Å². The third kappa shape index (κ3) is 4.28. The molecule has 158 valence electrons. The summed E-state index contributed by atoms with van der Waals surface area (Å²) in [4.78, 5) is 14.4. The van der Waals surface area contributed by atoms with E-state index in [4.69, 9.17) is 4.74 Å². The normalized spacial score (nSPS) is 20.1. The average molecular weight is 414 g/mol. The standard InChI is InChI=1S/C26H27N3O2/c1-18-15-19-7-5-6-10-24(19)25(18)27-21-16-29(17-21)26(30)28-20-11-13-23(14-12-20)31-22-8-3-2-4-9-22/h2-14,18,21,25,27H,15-17H2,1H3,(H,28,30). The molecule has 1 saturated heterocycles. The van der Waals surface area contributed by atoms with E-state index in [0.717, 1.165) is 36.7 Å². The topological polar surface area (TPSA) is 53.6 Å². The smallest absolute Gasteiger partial charge is 0.321 e. The quantitative estimate of drug-likeness (QED) is 0.603. The van der Waals surface area contributed by atoms with Gasteiger partial charge in [0.05, 0.1) is 0 Å². The maximum atomic E-state index is 12.6. The van der Waals surface area contributed by atoms with Crippen molar-refractivity contribution in [3.8, 4) is 11.5 Å². The van der Waals surface area contributed by atoms with E-state index < -0.39 is 0 Å². The zero-order chi connectivity index (χ0) is 21.2. The van der Waals surface area contributed by atoms with Gasteiger partial charge in [-0.2, -0.15) is 0 Å². The summed E-state index contributed by atoms with van der Waals surface area (Å²) in [6.45, 7) is 3.75. The first-order valence-corrected chi connectivity index (χ1v) is 10.9. The van der Waals surface area contributed by atoms with E-state index in [9.17, 15) is 4.79 Å². The molecule has 3 aromatic rings. The first-order valence-electron chi connectivity index (χ1n) is 10.9. The van der Waals surface area contributed by atoms with Crippen LogP contribution in [0, 0.1) is 5.92 Å². The number of ether oxygens (including phenoxy) is 1. The van der Waals surface area contributed by atoms with Crippen molar-refractivity contribution >= 4 is 11.7 Å². The van der Waals surface area contributed by atoms with Crippen molar-refractivity contribution in [1.82, 2.24) is 10.2 Å². The fourth-order valence-corrected chi connectivity index (χ4v) is 4.49. The van der Waals surface area contributed by atoms with E-state index in [1.165, 1.54) is 11.1 Å². The Morgan fingerprint density at radius 3 is 2.35 bits per heavy atom. The second-order valence-electron chi connectivity index (χ2n) is 8.50. The summed E-state index contributed by atoms with van der Waals surface area (Å²) in [5, 5.41) is 6.74. The van der Waals surface area contributed by atoms with E-state index >= 15 is 0 Å². The van der Waals surface area contributed by atoms with Crippen LogP contribution >= 0.6 is 0 Å². The zero-order valence-electron chi connectivity index (χ0n) is 17.6. The lowest BCUT2D eigenvalue weighted by Gasteiger charge is -2.41. The first kappa shape index (κ1) is 19.6. The molecule has 5 rings (SSSR count). The van der Waals surface area contributed by atoms with Crippen molar-refractivity contribution in [2.45, 2.75) is 25.4 Å². The second kappa shape index (κ2) is 8.44. The maximum absolute atomic E-state index is 12.6. The highest BCUT2D eigenvalue weighted by Gasteiger charge is 2.36. The van der Waals surface area contributed by atoms with Gasteiger partial charge in [-0.1, -0.05) is 49.4 Å². The van der Waals surface area contributed by atoms with Gasteiger partial charge in [-0.3, -0.25) is 0 Å². The molecule has 2 atom stereocenters. The zero-order valence-corrected chi connectivity index (χ0v) is 17.6. The number of nitrogens with zero attached hydrogens (tertiary/aromatic N) is 1. The van der Waals surface area contributed by atoms with Crippen LogP contribution in [0.5, 0.6) is 11.5 Å². The molecule has 0 aromatic heterocycles. The number of carbonyl (C=O) groups is 1. The molecule has 1 heterocycles. The Morgan fingerprint density at radius 2 is 1.58 bits per heavy atom. The van der Waals surface area contributed by atoms with Crippen molar-refractivity contribution in [3.63, 3.8) is 0 Å². The fraction of sp³-hybridized carbons (Fsp3) is 0.269. The highest BCUT2D eigenvalue weighted by Crippen LogP contribution is 2.36. The largest absolute Gasteiger partial charge is 0.457 e. The van der Waals surface area contributed by atoms with E-state index in [1.807, 2.05) is 59.5 Å². The number of amides is 2. The van der Waals surface area contributed by atoms with Crippen LogP contribution in [0.15, 0.2) is 78.9 Å². The summed E-state index contributed by atoms with van der Waals surface area (Å²) >= 11 is 0. The van der Waals surface area contributed by atoms with Crippen LogP contribution in [0.3, 0.4) is 0 Å². The SMILES string of the molecule is CC1Cc2ccccc2C1NC1CN(C(=O)Nc2ccc(Oc3ccccc3)cc2)C1. The third-order valence-corrected chi connectivity index (χ3v) is 6.17. The van der Waals surface area contributed by atoms with Crippen molar-refractivity contribution in [1.29, 1.82) is 0 Å². The number of fused-ring (bicyclic) bond motifs is 1. The molecule has 2 N–H and O–H groups in total. The molecule has 1 fully saturated rings. The summed E-state index contributed by atoms with van der Waals surface area (Å²) in [5.74, 6) is 2.11. The first-order chi connectivity index (χ1) is 15.2. The second-order valence-corrected chi connectivity index (χ2v) is 8.50. The van der Waals surface area contributed by atoms with Crippen LogP contribution < -0.4 is 15.4 Å².